The first kappa shape index (κ1) is 20.1. The topological polar surface area (TPSA) is 58.9 Å². The van der Waals surface area contributed by atoms with Gasteiger partial charge in [0.05, 0.1) is 16.7 Å². The molecule has 0 spiro atoms. The summed E-state index contributed by atoms with van der Waals surface area (Å²) in [6.45, 7) is -0.439. The van der Waals surface area contributed by atoms with E-state index in [0.29, 0.717) is 16.7 Å². The maximum Gasteiger partial charge on any atom is 0.174 e. The normalized spacial score (nSPS) is 29.3. The SMILES string of the molecule is OCCOOc1ccc(CCO)c2c1C1(Cl)C(Cl)=C(Cl)C2(Cl)C1(Cl)Cl. The molecule has 0 aromatic heterocycles. The molecule has 138 valence electrons. The van der Waals surface area contributed by atoms with Crippen molar-refractivity contribution in [2.45, 2.75) is 20.5 Å². The Labute approximate surface area is 174 Å². The Hall–Kier alpha value is 0.380. The molecule has 3 rings (SSSR count). The van der Waals surface area contributed by atoms with Gasteiger partial charge in [0.2, 0.25) is 0 Å². The van der Waals surface area contributed by atoms with Crippen molar-refractivity contribution in [1.29, 1.82) is 0 Å². The van der Waals surface area contributed by atoms with E-state index >= 15 is 0 Å². The first-order chi connectivity index (χ1) is 11.7. The molecule has 0 radical (unpaired) electrons. The largest absolute Gasteiger partial charge is 0.396 e. The van der Waals surface area contributed by atoms with Gasteiger partial charge in [0.25, 0.3) is 0 Å². The van der Waals surface area contributed by atoms with E-state index in [4.69, 9.17) is 84.5 Å². The summed E-state index contributed by atoms with van der Waals surface area (Å²) < 4.78 is -1.81. The van der Waals surface area contributed by atoms with Crippen molar-refractivity contribution in [3.05, 3.63) is 38.9 Å². The van der Waals surface area contributed by atoms with Crippen LogP contribution in [0.15, 0.2) is 22.2 Å². The van der Waals surface area contributed by atoms with Crippen LogP contribution >= 0.6 is 69.6 Å². The Morgan fingerprint density at radius 2 is 1.48 bits per heavy atom. The van der Waals surface area contributed by atoms with Crippen LogP contribution in [-0.4, -0.2) is 34.4 Å². The van der Waals surface area contributed by atoms with Crippen LogP contribution in [0.3, 0.4) is 0 Å². The number of alkyl halides is 4. The Kier molecular flexibility index (Phi) is 5.45. The highest BCUT2D eigenvalue weighted by Crippen LogP contribution is 2.79. The fourth-order valence-electron chi connectivity index (χ4n) is 3.25. The monoisotopic (exact) mass is 466 g/mol. The Balaban J connectivity index is 2.28. The first-order valence-corrected chi connectivity index (χ1v) is 9.46. The maximum atomic E-state index is 9.36. The summed E-state index contributed by atoms with van der Waals surface area (Å²) in [5.74, 6) is 0.190. The lowest BCUT2D eigenvalue weighted by molar-refractivity contribution is -0.212. The molecule has 2 aliphatic carbocycles. The molecule has 0 amide bonds. The fraction of sp³-hybridized carbons (Fsp3) is 0.467. The summed E-state index contributed by atoms with van der Waals surface area (Å²) in [6.07, 6.45) is 0.271. The first-order valence-electron chi connectivity index (χ1n) is 7.19. The second-order valence-corrected chi connectivity index (χ2v) is 8.81. The second-order valence-electron chi connectivity index (χ2n) is 5.59. The fourth-order valence-corrected chi connectivity index (χ4v) is 5.98. The van der Waals surface area contributed by atoms with Crippen LogP contribution in [0.5, 0.6) is 5.75 Å². The van der Waals surface area contributed by atoms with E-state index in [1.54, 1.807) is 12.1 Å². The number of aliphatic hydroxyl groups excluding tert-OH is 2. The minimum atomic E-state index is -1.81. The molecular formula is C15H12Cl6O4. The lowest BCUT2D eigenvalue weighted by Crippen LogP contribution is -2.39. The van der Waals surface area contributed by atoms with E-state index in [2.05, 4.69) is 0 Å². The number of aliphatic hydroxyl groups is 2. The van der Waals surface area contributed by atoms with E-state index < -0.39 is 14.1 Å². The third-order valence-electron chi connectivity index (χ3n) is 4.31. The third kappa shape index (κ3) is 2.40. The van der Waals surface area contributed by atoms with Gasteiger partial charge in [-0.25, -0.2) is 0 Å². The molecule has 10 heteroatoms. The summed E-state index contributed by atoms with van der Waals surface area (Å²) in [7, 11) is 0. The number of hydrogen-bond donors (Lipinski definition) is 2. The van der Waals surface area contributed by atoms with Gasteiger partial charge in [-0.05, 0) is 23.6 Å². The average Bonchev–Trinajstić information content (AvgIpc) is 2.78. The molecule has 0 saturated carbocycles. The van der Waals surface area contributed by atoms with Gasteiger partial charge in [0.1, 0.15) is 16.4 Å². The molecular weight excluding hydrogens is 457 g/mol. The summed E-state index contributed by atoms with van der Waals surface area (Å²) in [6, 6.07) is 3.26. The highest BCUT2D eigenvalue weighted by Gasteiger charge is 2.78. The minimum Gasteiger partial charge on any atom is -0.396 e. The minimum absolute atomic E-state index is 0.00325. The molecule has 2 bridgehead atoms. The lowest BCUT2D eigenvalue weighted by atomic mass is 9.89. The number of halogens is 6. The molecule has 0 saturated heterocycles. The molecule has 1 aromatic carbocycles. The van der Waals surface area contributed by atoms with E-state index in [-0.39, 0.29) is 42.1 Å². The van der Waals surface area contributed by atoms with Crippen LogP contribution in [-0.2, 0) is 21.1 Å². The Morgan fingerprint density at radius 1 is 0.880 bits per heavy atom. The molecule has 0 fully saturated rings. The van der Waals surface area contributed by atoms with Crippen molar-refractivity contribution in [3.8, 4) is 5.75 Å². The highest BCUT2D eigenvalue weighted by atomic mass is 35.5. The predicted octanol–water partition coefficient (Wildman–Crippen LogP) is 4.28. The van der Waals surface area contributed by atoms with E-state index in [1.807, 2.05) is 0 Å². The van der Waals surface area contributed by atoms with Gasteiger partial charge < -0.3 is 15.1 Å². The smallest absolute Gasteiger partial charge is 0.174 e. The zero-order valence-electron chi connectivity index (χ0n) is 12.5. The molecule has 25 heavy (non-hydrogen) atoms. The van der Waals surface area contributed by atoms with Crippen molar-refractivity contribution < 1.29 is 20.0 Å². The van der Waals surface area contributed by atoms with Gasteiger partial charge in [0, 0.05) is 12.2 Å². The van der Waals surface area contributed by atoms with Gasteiger partial charge in [-0.3, -0.25) is 0 Å². The zero-order chi connectivity index (χ0) is 18.6. The highest BCUT2D eigenvalue weighted by molar-refractivity contribution is 6.65. The average molecular weight is 469 g/mol. The third-order valence-corrected chi connectivity index (χ3v) is 8.39. The maximum absolute atomic E-state index is 9.36. The van der Waals surface area contributed by atoms with Gasteiger partial charge in [-0.2, -0.15) is 4.89 Å². The van der Waals surface area contributed by atoms with Crippen LogP contribution < -0.4 is 4.89 Å². The van der Waals surface area contributed by atoms with Crippen molar-refractivity contribution in [3.63, 3.8) is 0 Å². The summed E-state index contributed by atoms with van der Waals surface area (Å²) in [5.41, 5.74) is 1.41. The second kappa shape index (κ2) is 6.77. The molecule has 2 aliphatic rings. The van der Waals surface area contributed by atoms with Gasteiger partial charge in [0.15, 0.2) is 10.1 Å². The van der Waals surface area contributed by atoms with E-state index in [9.17, 15) is 5.11 Å². The van der Waals surface area contributed by atoms with Crippen LogP contribution in [0, 0.1) is 0 Å². The lowest BCUT2D eigenvalue weighted by Gasteiger charge is -2.31. The van der Waals surface area contributed by atoms with Crippen LogP contribution in [0.25, 0.3) is 0 Å². The van der Waals surface area contributed by atoms with Crippen LogP contribution in [0.2, 0.25) is 0 Å². The zero-order valence-corrected chi connectivity index (χ0v) is 17.0. The molecule has 0 aliphatic heterocycles. The molecule has 2 atom stereocenters. The number of fused-ring (bicyclic) bond motifs is 5. The van der Waals surface area contributed by atoms with Gasteiger partial charge in [-0.1, -0.05) is 52.5 Å². The van der Waals surface area contributed by atoms with E-state index in [1.165, 1.54) is 0 Å². The molecule has 4 nitrogen and oxygen atoms in total. The molecule has 1 aromatic rings. The van der Waals surface area contributed by atoms with Crippen LogP contribution in [0.1, 0.15) is 16.7 Å². The number of rotatable bonds is 6. The van der Waals surface area contributed by atoms with Gasteiger partial charge >= 0.3 is 0 Å². The molecule has 2 unspecified atom stereocenters. The van der Waals surface area contributed by atoms with Crippen LogP contribution in [0.4, 0.5) is 0 Å². The number of hydrogen-bond acceptors (Lipinski definition) is 4. The standard InChI is InChI=1S/C15H12Cl6O4/c16-11-12(17)14(19)10-8(25-24-6-5-23)2-1-7(3-4-22)9(10)13(11,18)15(14,20)21/h1-2,22-23H,3-6H2. The Morgan fingerprint density at radius 3 is 2.04 bits per heavy atom. The Bertz CT molecular complexity index is 752. The summed E-state index contributed by atoms with van der Waals surface area (Å²) in [4.78, 5) is 6.92. The van der Waals surface area contributed by atoms with E-state index in [0.717, 1.165) is 0 Å². The van der Waals surface area contributed by atoms with Crippen molar-refractivity contribution >= 4 is 69.6 Å². The summed E-state index contributed by atoms with van der Waals surface area (Å²) in [5, 5.41) is 18.2. The van der Waals surface area contributed by atoms with Crippen molar-refractivity contribution in [1.82, 2.24) is 0 Å². The number of benzene rings is 1. The molecule has 0 heterocycles. The van der Waals surface area contributed by atoms with Crippen molar-refractivity contribution in [2.24, 2.45) is 0 Å². The number of allylic oxidation sites excluding steroid dienone is 2. The quantitative estimate of drug-likeness (QED) is 0.283. The van der Waals surface area contributed by atoms with Crippen molar-refractivity contribution in [2.75, 3.05) is 19.8 Å². The summed E-state index contributed by atoms with van der Waals surface area (Å²) >= 11 is 39.4. The molecule has 2 N–H and O–H groups in total. The van der Waals surface area contributed by atoms with Gasteiger partial charge in [-0.15, -0.1) is 23.2 Å². The predicted molar refractivity (Wildman–Crippen MR) is 99.1 cm³/mol.